The maximum absolute atomic E-state index is 12.1. The number of hydrogen-bond acceptors (Lipinski definition) is 2. The van der Waals surface area contributed by atoms with Crippen LogP contribution in [-0.2, 0) is 16.8 Å². The van der Waals surface area contributed by atoms with Crippen LogP contribution in [0.15, 0.2) is 48.8 Å². The highest BCUT2D eigenvalue weighted by molar-refractivity contribution is 5.93. The first-order valence-corrected chi connectivity index (χ1v) is 7.66. The van der Waals surface area contributed by atoms with Crippen molar-refractivity contribution in [2.75, 3.05) is 5.32 Å². The van der Waals surface area contributed by atoms with Gasteiger partial charge in [0.05, 0.1) is 5.56 Å². The summed E-state index contributed by atoms with van der Waals surface area (Å²) in [5.41, 5.74) is 2.67. The molecule has 0 saturated heterocycles. The zero-order valence-electron chi connectivity index (χ0n) is 14.1. The van der Waals surface area contributed by atoms with Crippen LogP contribution >= 0.6 is 0 Å². The van der Waals surface area contributed by atoms with Gasteiger partial charge in [0.1, 0.15) is 0 Å². The monoisotopic (exact) mass is 311 g/mol. The van der Waals surface area contributed by atoms with Gasteiger partial charge in [-0.15, -0.1) is 0 Å². The molecule has 2 aromatic rings. The van der Waals surface area contributed by atoms with Gasteiger partial charge in [0.25, 0.3) is 5.91 Å². The second-order valence-electron chi connectivity index (χ2n) is 6.70. The van der Waals surface area contributed by atoms with E-state index in [1.54, 1.807) is 29.1 Å². The lowest BCUT2D eigenvalue weighted by molar-refractivity contribution is -0.684. The molecule has 2 rings (SSSR count). The standard InChI is InChI=1S/C19H22N2O2/c1-14(22)15-6-5-11-21(12-15)13-18(23)20-17-9-7-16(8-10-17)19(2,3)4/h5-12H,13H2,1-4H3/p+1. The summed E-state index contributed by atoms with van der Waals surface area (Å²) in [6.45, 7) is 8.14. The number of benzene rings is 1. The number of pyridine rings is 1. The Balaban J connectivity index is 2.02. The Morgan fingerprint density at radius 2 is 1.74 bits per heavy atom. The van der Waals surface area contributed by atoms with Crippen LogP contribution in [0.25, 0.3) is 0 Å². The fraction of sp³-hybridized carbons (Fsp3) is 0.316. The molecule has 1 aromatic heterocycles. The first kappa shape index (κ1) is 16.9. The largest absolute Gasteiger partial charge is 0.321 e. The van der Waals surface area contributed by atoms with E-state index in [1.165, 1.54) is 12.5 Å². The van der Waals surface area contributed by atoms with Crippen LogP contribution in [0.4, 0.5) is 5.69 Å². The molecule has 1 aromatic carbocycles. The minimum absolute atomic E-state index is 0.0162. The van der Waals surface area contributed by atoms with Crippen LogP contribution in [0.2, 0.25) is 0 Å². The quantitative estimate of drug-likeness (QED) is 0.697. The van der Waals surface area contributed by atoms with Gasteiger partial charge in [-0.1, -0.05) is 32.9 Å². The van der Waals surface area contributed by atoms with Crippen molar-refractivity contribution in [1.29, 1.82) is 0 Å². The van der Waals surface area contributed by atoms with Gasteiger partial charge in [0.2, 0.25) is 6.54 Å². The number of amides is 1. The zero-order chi connectivity index (χ0) is 17.0. The Hall–Kier alpha value is -2.49. The molecule has 0 saturated carbocycles. The summed E-state index contributed by atoms with van der Waals surface area (Å²) >= 11 is 0. The van der Waals surface area contributed by atoms with Crippen molar-refractivity contribution < 1.29 is 14.2 Å². The molecule has 1 N–H and O–H groups in total. The molecule has 0 atom stereocenters. The molecule has 4 nitrogen and oxygen atoms in total. The van der Waals surface area contributed by atoms with Crippen molar-refractivity contribution in [3.8, 4) is 0 Å². The summed E-state index contributed by atoms with van der Waals surface area (Å²) in [6.07, 6.45) is 3.46. The molecule has 0 unspecified atom stereocenters. The third-order valence-electron chi connectivity index (χ3n) is 3.63. The molecule has 4 heteroatoms. The Bertz CT molecular complexity index is 713. The highest BCUT2D eigenvalue weighted by Gasteiger charge is 2.14. The molecule has 0 radical (unpaired) electrons. The molecule has 1 heterocycles. The predicted octanol–water partition coefficient (Wildman–Crippen LogP) is 3.11. The van der Waals surface area contributed by atoms with E-state index in [9.17, 15) is 9.59 Å². The Morgan fingerprint density at radius 3 is 2.30 bits per heavy atom. The van der Waals surface area contributed by atoms with Crippen LogP contribution < -0.4 is 9.88 Å². The number of ketones is 1. The van der Waals surface area contributed by atoms with Gasteiger partial charge < -0.3 is 5.32 Å². The summed E-state index contributed by atoms with van der Waals surface area (Å²) in [4.78, 5) is 23.5. The third kappa shape index (κ3) is 4.74. The number of carbonyl (C=O) groups is 2. The summed E-state index contributed by atoms with van der Waals surface area (Å²) in [6, 6.07) is 11.4. The Morgan fingerprint density at radius 1 is 1.09 bits per heavy atom. The number of hydrogen-bond donors (Lipinski definition) is 1. The van der Waals surface area contributed by atoms with Gasteiger partial charge in [0, 0.05) is 11.8 Å². The van der Waals surface area contributed by atoms with E-state index in [0.717, 1.165) is 5.69 Å². The second-order valence-corrected chi connectivity index (χ2v) is 6.70. The molecule has 0 aliphatic carbocycles. The van der Waals surface area contributed by atoms with Crippen molar-refractivity contribution in [1.82, 2.24) is 0 Å². The molecule has 0 bridgehead atoms. The lowest BCUT2D eigenvalue weighted by Gasteiger charge is -2.19. The minimum atomic E-state index is -0.126. The minimum Gasteiger partial charge on any atom is -0.321 e. The smallest absolute Gasteiger partial charge is 0.290 e. The first-order chi connectivity index (χ1) is 10.8. The van der Waals surface area contributed by atoms with Crippen LogP contribution in [0.3, 0.4) is 0 Å². The second kappa shape index (κ2) is 6.73. The summed E-state index contributed by atoms with van der Waals surface area (Å²) in [5, 5.41) is 2.87. The zero-order valence-corrected chi connectivity index (χ0v) is 14.1. The molecular formula is C19H23N2O2+. The van der Waals surface area contributed by atoms with Crippen molar-refractivity contribution >= 4 is 17.4 Å². The normalized spacial score (nSPS) is 11.1. The number of nitrogens with zero attached hydrogens (tertiary/aromatic N) is 1. The first-order valence-electron chi connectivity index (χ1n) is 7.66. The highest BCUT2D eigenvalue weighted by atomic mass is 16.2. The Labute approximate surface area is 137 Å². The third-order valence-corrected chi connectivity index (χ3v) is 3.63. The number of carbonyl (C=O) groups excluding carboxylic acids is 2. The van der Waals surface area contributed by atoms with Crippen LogP contribution in [-0.4, -0.2) is 11.7 Å². The molecule has 1 amide bonds. The van der Waals surface area contributed by atoms with Crippen molar-refractivity contribution in [2.24, 2.45) is 0 Å². The van der Waals surface area contributed by atoms with Gasteiger partial charge in [-0.3, -0.25) is 9.59 Å². The summed E-state index contributed by atoms with van der Waals surface area (Å²) in [5.74, 6) is -0.142. The molecule has 0 fully saturated rings. The van der Waals surface area contributed by atoms with Crippen LogP contribution in [0.5, 0.6) is 0 Å². The van der Waals surface area contributed by atoms with Crippen LogP contribution in [0, 0.1) is 0 Å². The SMILES string of the molecule is CC(=O)c1ccc[n+](CC(=O)Nc2ccc(C(C)(C)C)cc2)c1. The van der Waals surface area contributed by atoms with E-state index in [0.29, 0.717) is 5.56 Å². The molecular weight excluding hydrogens is 288 g/mol. The Kier molecular flexibility index (Phi) is 4.94. The summed E-state index contributed by atoms with van der Waals surface area (Å²) < 4.78 is 1.70. The summed E-state index contributed by atoms with van der Waals surface area (Å²) in [7, 11) is 0. The van der Waals surface area contributed by atoms with Crippen molar-refractivity contribution in [3.63, 3.8) is 0 Å². The van der Waals surface area contributed by atoms with E-state index >= 15 is 0 Å². The van der Waals surface area contributed by atoms with Gasteiger partial charge in [-0.25, -0.2) is 0 Å². The van der Waals surface area contributed by atoms with E-state index < -0.39 is 0 Å². The fourth-order valence-corrected chi connectivity index (χ4v) is 2.25. The fourth-order valence-electron chi connectivity index (χ4n) is 2.25. The number of nitrogens with one attached hydrogen (secondary N) is 1. The average molecular weight is 311 g/mol. The number of aromatic nitrogens is 1. The topological polar surface area (TPSA) is 50.0 Å². The van der Waals surface area contributed by atoms with Gasteiger partial charge in [-0.2, -0.15) is 4.57 Å². The molecule has 0 aliphatic heterocycles. The highest BCUT2D eigenvalue weighted by Crippen LogP contribution is 2.23. The molecule has 0 aliphatic rings. The van der Waals surface area contributed by atoms with Crippen molar-refractivity contribution in [3.05, 3.63) is 59.9 Å². The maximum atomic E-state index is 12.1. The van der Waals surface area contributed by atoms with Crippen LogP contribution in [0.1, 0.15) is 43.6 Å². The number of anilines is 1. The molecule has 120 valence electrons. The number of rotatable bonds is 4. The molecule has 23 heavy (non-hydrogen) atoms. The van der Waals surface area contributed by atoms with E-state index in [1.807, 2.05) is 24.3 Å². The van der Waals surface area contributed by atoms with Gasteiger partial charge in [0.15, 0.2) is 18.2 Å². The lowest BCUT2D eigenvalue weighted by Crippen LogP contribution is -2.40. The maximum Gasteiger partial charge on any atom is 0.290 e. The predicted molar refractivity (Wildman–Crippen MR) is 90.4 cm³/mol. The number of Topliss-reactive ketones (excluding diaryl/α,β-unsaturated/α-hetero) is 1. The van der Waals surface area contributed by atoms with Crippen molar-refractivity contribution in [2.45, 2.75) is 39.7 Å². The van der Waals surface area contributed by atoms with E-state index in [4.69, 9.17) is 0 Å². The van der Waals surface area contributed by atoms with Gasteiger partial charge in [-0.05, 0) is 36.1 Å². The van der Waals surface area contributed by atoms with E-state index in [2.05, 4.69) is 26.1 Å². The van der Waals surface area contributed by atoms with E-state index in [-0.39, 0.29) is 23.7 Å². The molecule has 0 spiro atoms. The lowest BCUT2D eigenvalue weighted by atomic mass is 9.87. The average Bonchev–Trinajstić information content (AvgIpc) is 2.47. The van der Waals surface area contributed by atoms with Gasteiger partial charge >= 0.3 is 0 Å².